The van der Waals surface area contributed by atoms with Crippen LogP contribution in [-0.4, -0.2) is 7.11 Å². The molecule has 19 heavy (non-hydrogen) atoms. The van der Waals surface area contributed by atoms with Crippen molar-refractivity contribution in [2.24, 2.45) is 0 Å². The van der Waals surface area contributed by atoms with E-state index in [-0.39, 0.29) is 6.04 Å². The standard InChI is InChI=1S/C14H15Br2NOS/c1-9(10-4-3-5-11(6-10)18-2)17-8-12-7-13(15)14(16)19-12/h3-7,9,17H,8H2,1-2H3. The Balaban J connectivity index is 1.98. The highest BCUT2D eigenvalue weighted by Gasteiger charge is 2.08. The minimum absolute atomic E-state index is 0.287. The Morgan fingerprint density at radius 2 is 2.11 bits per heavy atom. The number of thiophene rings is 1. The first-order valence-electron chi connectivity index (χ1n) is 5.91. The highest BCUT2D eigenvalue weighted by atomic mass is 79.9. The van der Waals surface area contributed by atoms with Crippen LogP contribution in [-0.2, 0) is 6.54 Å². The van der Waals surface area contributed by atoms with Crippen molar-refractivity contribution in [3.05, 3.63) is 49.0 Å². The van der Waals surface area contributed by atoms with Gasteiger partial charge in [0.25, 0.3) is 0 Å². The quantitative estimate of drug-likeness (QED) is 0.745. The van der Waals surface area contributed by atoms with Crippen LogP contribution in [0.4, 0.5) is 0 Å². The van der Waals surface area contributed by atoms with Gasteiger partial charge in [0.2, 0.25) is 0 Å². The second-order valence-corrected chi connectivity index (χ2v) is 7.52. The van der Waals surface area contributed by atoms with E-state index in [4.69, 9.17) is 4.74 Å². The van der Waals surface area contributed by atoms with Crippen molar-refractivity contribution in [1.82, 2.24) is 5.32 Å². The van der Waals surface area contributed by atoms with Crippen molar-refractivity contribution in [3.63, 3.8) is 0 Å². The van der Waals surface area contributed by atoms with Gasteiger partial charge in [-0.2, -0.15) is 0 Å². The number of halogens is 2. The lowest BCUT2D eigenvalue weighted by atomic mass is 10.1. The van der Waals surface area contributed by atoms with Crippen molar-refractivity contribution >= 4 is 43.2 Å². The SMILES string of the molecule is COc1cccc(C(C)NCc2cc(Br)c(Br)s2)c1. The van der Waals surface area contributed by atoms with E-state index in [1.54, 1.807) is 18.4 Å². The third kappa shape index (κ3) is 4.05. The lowest BCUT2D eigenvalue weighted by Crippen LogP contribution is -2.17. The van der Waals surface area contributed by atoms with Gasteiger partial charge >= 0.3 is 0 Å². The van der Waals surface area contributed by atoms with Gasteiger partial charge in [-0.25, -0.2) is 0 Å². The molecule has 102 valence electrons. The molecule has 2 rings (SSSR count). The predicted octanol–water partition coefficient (Wildman–Crippen LogP) is 5.13. The number of ether oxygens (including phenoxy) is 1. The van der Waals surface area contributed by atoms with Crippen LogP contribution in [0.5, 0.6) is 5.75 Å². The molecule has 1 atom stereocenters. The smallest absolute Gasteiger partial charge is 0.119 e. The molecule has 0 radical (unpaired) electrons. The van der Waals surface area contributed by atoms with Gasteiger partial charge in [-0.1, -0.05) is 12.1 Å². The Morgan fingerprint density at radius 1 is 1.32 bits per heavy atom. The molecule has 1 N–H and O–H groups in total. The summed E-state index contributed by atoms with van der Waals surface area (Å²) < 4.78 is 7.50. The van der Waals surface area contributed by atoms with Crippen LogP contribution in [0, 0.1) is 0 Å². The van der Waals surface area contributed by atoms with Crippen LogP contribution >= 0.6 is 43.2 Å². The molecule has 1 unspecified atom stereocenters. The molecular formula is C14H15Br2NOS. The fourth-order valence-electron chi connectivity index (χ4n) is 1.76. The molecule has 0 saturated carbocycles. The third-order valence-electron chi connectivity index (χ3n) is 2.87. The monoisotopic (exact) mass is 403 g/mol. The molecule has 5 heteroatoms. The highest BCUT2D eigenvalue weighted by Crippen LogP contribution is 2.32. The van der Waals surface area contributed by atoms with Crippen molar-refractivity contribution in [2.75, 3.05) is 7.11 Å². The number of hydrogen-bond donors (Lipinski definition) is 1. The molecule has 0 fully saturated rings. The van der Waals surface area contributed by atoms with Crippen molar-refractivity contribution in [3.8, 4) is 5.75 Å². The van der Waals surface area contributed by atoms with Gasteiger partial charge in [-0.05, 0) is 62.5 Å². The lowest BCUT2D eigenvalue weighted by molar-refractivity contribution is 0.413. The van der Waals surface area contributed by atoms with E-state index in [1.165, 1.54) is 10.4 Å². The highest BCUT2D eigenvalue weighted by molar-refractivity contribution is 9.13. The molecule has 2 nitrogen and oxygen atoms in total. The summed E-state index contributed by atoms with van der Waals surface area (Å²) in [6.45, 7) is 3.01. The van der Waals surface area contributed by atoms with Crippen LogP contribution in [0.15, 0.2) is 38.6 Å². The summed E-state index contributed by atoms with van der Waals surface area (Å²) in [4.78, 5) is 1.30. The van der Waals surface area contributed by atoms with Gasteiger partial charge in [-0.15, -0.1) is 11.3 Å². The van der Waals surface area contributed by atoms with Crippen molar-refractivity contribution in [1.29, 1.82) is 0 Å². The molecular weight excluding hydrogens is 390 g/mol. The Hall–Kier alpha value is -0.360. The number of hydrogen-bond acceptors (Lipinski definition) is 3. The number of nitrogens with one attached hydrogen (secondary N) is 1. The maximum absolute atomic E-state index is 5.25. The second-order valence-electron chi connectivity index (χ2n) is 4.21. The molecule has 0 amide bonds. The average Bonchev–Trinajstić information content (AvgIpc) is 2.75. The Bertz CT molecular complexity index is 537. The first kappa shape index (κ1) is 15.0. The van der Waals surface area contributed by atoms with E-state index in [0.717, 1.165) is 20.6 Å². The van der Waals surface area contributed by atoms with Gasteiger partial charge in [-0.3, -0.25) is 0 Å². The van der Waals surface area contributed by atoms with Gasteiger partial charge in [0.15, 0.2) is 0 Å². The molecule has 0 spiro atoms. The Labute approximate surface area is 134 Å². The zero-order valence-corrected chi connectivity index (χ0v) is 14.7. The third-order valence-corrected chi connectivity index (χ3v) is 6.13. The molecule has 0 aliphatic rings. The van der Waals surface area contributed by atoms with Crippen molar-refractivity contribution in [2.45, 2.75) is 19.5 Å². The summed E-state index contributed by atoms with van der Waals surface area (Å²) in [6.07, 6.45) is 0. The van der Waals surface area contributed by atoms with E-state index >= 15 is 0 Å². The summed E-state index contributed by atoms with van der Waals surface area (Å²) in [5, 5.41) is 3.52. The fourth-order valence-corrected chi connectivity index (χ4v) is 3.89. The summed E-state index contributed by atoms with van der Waals surface area (Å²) in [5.74, 6) is 0.896. The first-order valence-corrected chi connectivity index (χ1v) is 8.31. The van der Waals surface area contributed by atoms with Crippen LogP contribution < -0.4 is 10.1 Å². The van der Waals surface area contributed by atoms with E-state index < -0.39 is 0 Å². The minimum atomic E-state index is 0.287. The molecule has 0 saturated heterocycles. The molecule has 1 aromatic heterocycles. The lowest BCUT2D eigenvalue weighted by Gasteiger charge is -2.14. The zero-order valence-electron chi connectivity index (χ0n) is 10.7. The Kier molecular flexibility index (Phi) is 5.45. The molecule has 0 aliphatic heterocycles. The van der Waals surface area contributed by atoms with Gasteiger partial charge < -0.3 is 10.1 Å². The van der Waals surface area contributed by atoms with Crippen LogP contribution in [0.25, 0.3) is 0 Å². The maximum atomic E-state index is 5.25. The molecule has 2 aromatic rings. The van der Waals surface area contributed by atoms with Crippen LogP contribution in [0.1, 0.15) is 23.4 Å². The largest absolute Gasteiger partial charge is 0.497 e. The fraction of sp³-hybridized carbons (Fsp3) is 0.286. The topological polar surface area (TPSA) is 21.3 Å². The summed E-state index contributed by atoms with van der Waals surface area (Å²) >= 11 is 8.76. The molecule has 1 heterocycles. The van der Waals surface area contributed by atoms with E-state index in [2.05, 4.69) is 62.3 Å². The maximum Gasteiger partial charge on any atom is 0.119 e. The molecule has 0 aliphatic carbocycles. The second kappa shape index (κ2) is 6.88. The zero-order chi connectivity index (χ0) is 13.8. The summed E-state index contributed by atoms with van der Waals surface area (Å²) in [7, 11) is 1.69. The van der Waals surface area contributed by atoms with Gasteiger partial charge in [0.1, 0.15) is 5.75 Å². The molecule has 0 bridgehead atoms. The summed E-state index contributed by atoms with van der Waals surface area (Å²) in [6, 6.07) is 10.6. The van der Waals surface area contributed by atoms with Crippen molar-refractivity contribution < 1.29 is 4.74 Å². The van der Waals surface area contributed by atoms with E-state index in [0.29, 0.717) is 0 Å². The minimum Gasteiger partial charge on any atom is -0.497 e. The van der Waals surface area contributed by atoms with Crippen LogP contribution in [0.3, 0.4) is 0 Å². The first-order chi connectivity index (χ1) is 9.10. The van der Waals surface area contributed by atoms with Gasteiger partial charge in [0.05, 0.1) is 10.9 Å². The van der Waals surface area contributed by atoms with Crippen LogP contribution in [0.2, 0.25) is 0 Å². The normalized spacial score (nSPS) is 12.4. The molecule has 1 aromatic carbocycles. The van der Waals surface area contributed by atoms with Gasteiger partial charge in [0, 0.05) is 21.9 Å². The van der Waals surface area contributed by atoms with E-state index in [9.17, 15) is 0 Å². The average molecular weight is 405 g/mol. The predicted molar refractivity (Wildman–Crippen MR) is 88.0 cm³/mol. The number of rotatable bonds is 5. The number of methoxy groups -OCH3 is 1. The summed E-state index contributed by atoms with van der Waals surface area (Å²) in [5.41, 5.74) is 1.23. The Morgan fingerprint density at radius 3 is 2.74 bits per heavy atom. The van der Waals surface area contributed by atoms with E-state index in [1.807, 2.05) is 12.1 Å². The number of benzene rings is 1.